The third-order valence-electron chi connectivity index (χ3n) is 6.13. The molecule has 0 unspecified atom stereocenters. The summed E-state index contributed by atoms with van der Waals surface area (Å²) in [6, 6.07) is 0. The summed E-state index contributed by atoms with van der Waals surface area (Å²) in [4.78, 5) is 11.9. The van der Waals surface area contributed by atoms with Crippen LogP contribution >= 0.6 is 0 Å². The van der Waals surface area contributed by atoms with Crippen LogP contribution in [0.15, 0.2) is 59.3 Å². The van der Waals surface area contributed by atoms with Gasteiger partial charge in [0.15, 0.2) is 0 Å². The van der Waals surface area contributed by atoms with Crippen molar-refractivity contribution in [1.82, 2.24) is 0 Å². The Labute approximate surface area is 218 Å². The first-order chi connectivity index (χ1) is 17.0. The highest BCUT2D eigenvalue weighted by Crippen LogP contribution is 2.12. The number of carbonyl (C=O) groups excluding carboxylic acids is 1. The molecular formula is C33H56O2. The number of unbranched alkanes of at least 4 members (excludes halogenated alkanes) is 8. The van der Waals surface area contributed by atoms with E-state index in [9.17, 15) is 4.79 Å². The van der Waals surface area contributed by atoms with Crippen LogP contribution < -0.4 is 0 Å². The summed E-state index contributed by atoms with van der Waals surface area (Å²) in [5.41, 5.74) is 4.14. The second kappa shape index (κ2) is 25.3. The highest BCUT2D eigenvalue weighted by molar-refractivity contribution is 5.69. The minimum atomic E-state index is -0.0604. The zero-order chi connectivity index (χ0) is 26.0. The Hall–Kier alpha value is -1.83. The van der Waals surface area contributed by atoms with E-state index in [4.69, 9.17) is 4.74 Å². The van der Waals surface area contributed by atoms with Crippen LogP contribution in [0.5, 0.6) is 0 Å². The van der Waals surface area contributed by atoms with Crippen LogP contribution in [-0.4, -0.2) is 12.6 Å². The molecule has 2 heteroatoms. The van der Waals surface area contributed by atoms with Gasteiger partial charge in [0.1, 0.15) is 6.61 Å². The van der Waals surface area contributed by atoms with Crippen LogP contribution in [0, 0.1) is 0 Å². The van der Waals surface area contributed by atoms with Gasteiger partial charge in [0, 0.05) is 6.42 Å². The van der Waals surface area contributed by atoms with E-state index in [-0.39, 0.29) is 5.97 Å². The van der Waals surface area contributed by atoms with E-state index in [0.29, 0.717) is 13.0 Å². The van der Waals surface area contributed by atoms with E-state index in [1.807, 2.05) is 0 Å². The van der Waals surface area contributed by atoms with Crippen LogP contribution in [0.3, 0.4) is 0 Å². The highest BCUT2D eigenvalue weighted by atomic mass is 16.5. The lowest BCUT2D eigenvalue weighted by Crippen LogP contribution is -2.04. The molecule has 0 saturated heterocycles. The van der Waals surface area contributed by atoms with Crippen LogP contribution in [-0.2, 0) is 9.53 Å². The average Bonchev–Trinajstić information content (AvgIpc) is 2.81. The largest absolute Gasteiger partial charge is 0.461 e. The molecule has 0 saturated carbocycles. The summed E-state index contributed by atoms with van der Waals surface area (Å²) in [7, 11) is 0. The molecule has 0 aromatic heterocycles. The molecule has 0 radical (unpaired) electrons. The van der Waals surface area contributed by atoms with Gasteiger partial charge in [0.2, 0.25) is 0 Å². The Morgan fingerprint density at radius 2 is 1.17 bits per heavy atom. The van der Waals surface area contributed by atoms with Crippen molar-refractivity contribution in [1.29, 1.82) is 0 Å². The summed E-state index contributed by atoms with van der Waals surface area (Å²) < 4.78 is 5.38. The van der Waals surface area contributed by atoms with Crippen LogP contribution in [0.25, 0.3) is 0 Å². The zero-order valence-corrected chi connectivity index (χ0v) is 23.9. The van der Waals surface area contributed by atoms with Crippen LogP contribution in [0.2, 0.25) is 0 Å². The first kappa shape index (κ1) is 33.2. The molecule has 0 bridgehead atoms. The molecule has 0 heterocycles. The molecular weight excluding hydrogens is 428 g/mol. The van der Waals surface area contributed by atoms with Crippen molar-refractivity contribution in [3.05, 3.63) is 59.3 Å². The summed E-state index contributed by atoms with van der Waals surface area (Å²) in [6.07, 6.45) is 34.0. The van der Waals surface area contributed by atoms with Gasteiger partial charge < -0.3 is 4.74 Å². The maximum Gasteiger partial charge on any atom is 0.306 e. The standard InChI is InChI=1S/C33H56O2/c1-6-7-8-9-10-11-12-13-14-15-16-17-18-19-20-27-33(34)35-29-28-32(5)26-22-25-31(4)24-21-23-30(2)3/h10-11,13-14,23,25,28H,6-9,12,15-22,24,26-27,29H2,1-5H3/b11-10-,14-13-,31-25+,32-28+. The number of hydrogen-bond donors (Lipinski definition) is 0. The van der Waals surface area contributed by atoms with Gasteiger partial charge in [-0.25, -0.2) is 0 Å². The Morgan fingerprint density at radius 1 is 0.600 bits per heavy atom. The normalized spacial score (nSPS) is 12.6. The molecule has 0 N–H and O–H groups in total. The summed E-state index contributed by atoms with van der Waals surface area (Å²) in [5.74, 6) is -0.0604. The Kier molecular flexibility index (Phi) is 23.9. The number of ether oxygens (including phenoxy) is 1. The fourth-order valence-corrected chi connectivity index (χ4v) is 3.77. The third kappa shape index (κ3) is 26.6. The lowest BCUT2D eigenvalue weighted by molar-refractivity contribution is -0.142. The lowest BCUT2D eigenvalue weighted by Gasteiger charge is -2.04. The van der Waals surface area contributed by atoms with E-state index < -0.39 is 0 Å². The Morgan fingerprint density at radius 3 is 1.83 bits per heavy atom. The van der Waals surface area contributed by atoms with Gasteiger partial charge in [-0.3, -0.25) is 4.79 Å². The number of carbonyl (C=O) groups is 1. The zero-order valence-electron chi connectivity index (χ0n) is 23.9. The quantitative estimate of drug-likeness (QED) is 0.0867. The molecule has 200 valence electrons. The van der Waals surface area contributed by atoms with Crippen molar-refractivity contribution in [2.45, 2.75) is 137 Å². The van der Waals surface area contributed by atoms with Gasteiger partial charge in [-0.1, -0.05) is 92.2 Å². The van der Waals surface area contributed by atoms with Crippen LogP contribution in [0.4, 0.5) is 0 Å². The highest BCUT2D eigenvalue weighted by Gasteiger charge is 2.01. The SMILES string of the molecule is CCCCC/C=C\C/C=C\CCCCCCCC(=O)OC/C=C(\C)CC/C=C(\C)CCC=C(C)C. The summed E-state index contributed by atoms with van der Waals surface area (Å²) >= 11 is 0. The first-order valence-corrected chi connectivity index (χ1v) is 14.4. The van der Waals surface area contributed by atoms with Gasteiger partial charge in [-0.2, -0.15) is 0 Å². The fourth-order valence-electron chi connectivity index (χ4n) is 3.77. The van der Waals surface area contributed by atoms with Crippen molar-refractivity contribution >= 4 is 5.97 Å². The van der Waals surface area contributed by atoms with Crippen molar-refractivity contribution in [2.75, 3.05) is 6.61 Å². The van der Waals surface area contributed by atoms with Gasteiger partial charge in [0.25, 0.3) is 0 Å². The lowest BCUT2D eigenvalue weighted by atomic mass is 10.1. The molecule has 0 aliphatic heterocycles. The topological polar surface area (TPSA) is 26.3 Å². The molecule has 0 aromatic carbocycles. The summed E-state index contributed by atoms with van der Waals surface area (Å²) in [5, 5.41) is 0. The molecule has 0 amide bonds. The van der Waals surface area contributed by atoms with Crippen molar-refractivity contribution in [2.24, 2.45) is 0 Å². The molecule has 0 spiro atoms. The van der Waals surface area contributed by atoms with Gasteiger partial charge >= 0.3 is 5.97 Å². The number of hydrogen-bond acceptors (Lipinski definition) is 2. The minimum absolute atomic E-state index is 0.0604. The maximum absolute atomic E-state index is 11.9. The second-order valence-corrected chi connectivity index (χ2v) is 10.1. The predicted octanol–water partition coefficient (Wildman–Crippen LogP) is 10.8. The minimum Gasteiger partial charge on any atom is -0.461 e. The van der Waals surface area contributed by atoms with Crippen LogP contribution in [0.1, 0.15) is 137 Å². The van der Waals surface area contributed by atoms with Crippen molar-refractivity contribution in [3.8, 4) is 0 Å². The number of esters is 1. The smallest absolute Gasteiger partial charge is 0.306 e. The monoisotopic (exact) mass is 484 g/mol. The molecule has 0 aliphatic rings. The molecule has 0 aliphatic carbocycles. The third-order valence-corrected chi connectivity index (χ3v) is 6.13. The predicted molar refractivity (Wildman–Crippen MR) is 156 cm³/mol. The molecule has 2 nitrogen and oxygen atoms in total. The Balaban J connectivity index is 3.63. The number of rotatable bonds is 22. The Bertz CT molecular complexity index is 657. The first-order valence-electron chi connectivity index (χ1n) is 14.4. The van der Waals surface area contributed by atoms with E-state index >= 15 is 0 Å². The van der Waals surface area contributed by atoms with E-state index in [0.717, 1.165) is 44.9 Å². The average molecular weight is 485 g/mol. The van der Waals surface area contributed by atoms with Crippen molar-refractivity contribution in [3.63, 3.8) is 0 Å². The summed E-state index contributed by atoms with van der Waals surface area (Å²) in [6.45, 7) is 11.3. The maximum atomic E-state index is 11.9. The van der Waals surface area contributed by atoms with Gasteiger partial charge in [0.05, 0.1) is 0 Å². The van der Waals surface area contributed by atoms with E-state index in [1.54, 1.807) is 0 Å². The van der Waals surface area contributed by atoms with E-state index in [1.165, 1.54) is 68.1 Å². The van der Waals surface area contributed by atoms with Crippen molar-refractivity contribution < 1.29 is 9.53 Å². The van der Waals surface area contributed by atoms with Gasteiger partial charge in [-0.15, -0.1) is 0 Å². The number of allylic oxidation sites excluding steroid dienone is 9. The molecule has 35 heavy (non-hydrogen) atoms. The molecule has 0 aromatic rings. The molecule has 0 atom stereocenters. The van der Waals surface area contributed by atoms with E-state index in [2.05, 4.69) is 77.2 Å². The second-order valence-electron chi connectivity index (χ2n) is 10.1. The molecule has 0 rings (SSSR count). The molecule has 0 fully saturated rings. The fraction of sp³-hybridized carbons (Fsp3) is 0.667. The van der Waals surface area contributed by atoms with Gasteiger partial charge in [-0.05, 0) is 98.0 Å².